The Morgan fingerprint density at radius 1 is 1.28 bits per heavy atom. The van der Waals surface area contributed by atoms with Gasteiger partial charge in [-0.2, -0.15) is 0 Å². The van der Waals surface area contributed by atoms with Crippen molar-refractivity contribution in [2.45, 2.75) is 39.0 Å². The molecule has 5 heteroatoms. The molecule has 1 fully saturated rings. The molecule has 0 aromatic heterocycles. The third-order valence-electron chi connectivity index (χ3n) is 3.52. The van der Waals surface area contributed by atoms with Gasteiger partial charge in [-0.25, -0.2) is 0 Å². The molecule has 1 rings (SSSR count). The van der Waals surface area contributed by atoms with Gasteiger partial charge in [0.25, 0.3) is 0 Å². The zero-order valence-corrected chi connectivity index (χ0v) is 12.2. The summed E-state index contributed by atoms with van der Waals surface area (Å²) in [5.41, 5.74) is -0.408. The van der Waals surface area contributed by atoms with Crippen molar-refractivity contribution in [3.63, 3.8) is 0 Å². The van der Waals surface area contributed by atoms with Gasteiger partial charge in [0.1, 0.15) is 6.16 Å². The maximum atomic E-state index is 12.3. The van der Waals surface area contributed by atoms with Gasteiger partial charge in [-0.05, 0) is 12.8 Å². The molecule has 0 bridgehead atoms. The molecule has 0 aromatic rings. The molecule has 0 saturated heterocycles. The van der Waals surface area contributed by atoms with Crippen molar-refractivity contribution >= 4 is 13.4 Å². The molecule has 1 aliphatic carbocycles. The Balaban J connectivity index is 2.71. The summed E-state index contributed by atoms with van der Waals surface area (Å²) < 4.78 is 21.6. The standard InChI is InChI=1S/C13H21O4P/c1-4-5-6-8-13(9-7-10-13)12(14)11-18(15,16-2)17-3/h4,7-11H2,1-3H3. The van der Waals surface area contributed by atoms with Crippen LogP contribution in [0.25, 0.3) is 0 Å². The number of Topliss-reactive ketones (excluding diaryl/α,β-unsaturated/α-hetero) is 1. The lowest BCUT2D eigenvalue weighted by atomic mass is 9.64. The summed E-state index contributed by atoms with van der Waals surface area (Å²) in [5.74, 6) is 5.99. The normalized spacial score (nSPS) is 17.5. The fourth-order valence-corrected chi connectivity index (χ4v) is 3.16. The van der Waals surface area contributed by atoms with E-state index in [2.05, 4.69) is 11.8 Å². The van der Waals surface area contributed by atoms with E-state index in [9.17, 15) is 9.36 Å². The van der Waals surface area contributed by atoms with E-state index in [0.29, 0.717) is 6.42 Å². The number of carbonyl (C=O) groups excluding carboxylic acids is 1. The molecule has 0 aliphatic heterocycles. The van der Waals surface area contributed by atoms with Crippen molar-refractivity contribution in [1.29, 1.82) is 0 Å². The lowest BCUT2D eigenvalue weighted by molar-refractivity contribution is -0.130. The van der Waals surface area contributed by atoms with E-state index >= 15 is 0 Å². The molecule has 0 N–H and O–H groups in total. The molecule has 0 heterocycles. The van der Waals surface area contributed by atoms with E-state index < -0.39 is 13.0 Å². The maximum Gasteiger partial charge on any atom is 0.337 e. The summed E-state index contributed by atoms with van der Waals surface area (Å²) in [5, 5.41) is 0. The Morgan fingerprint density at radius 2 is 1.89 bits per heavy atom. The molecular formula is C13H21O4P. The van der Waals surface area contributed by atoms with Gasteiger partial charge in [-0.3, -0.25) is 9.36 Å². The van der Waals surface area contributed by atoms with Gasteiger partial charge in [0.05, 0.1) is 0 Å². The van der Waals surface area contributed by atoms with Gasteiger partial charge >= 0.3 is 7.60 Å². The van der Waals surface area contributed by atoms with E-state index in [1.807, 2.05) is 6.92 Å². The van der Waals surface area contributed by atoms with Crippen LogP contribution in [-0.2, 0) is 18.4 Å². The van der Waals surface area contributed by atoms with Gasteiger partial charge in [-0.15, -0.1) is 11.8 Å². The second-order valence-corrected chi connectivity index (χ2v) is 6.84. The van der Waals surface area contributed by atoms with Crippen LogP contribution >= 0.6 is 7.60 Å². The smallest absolute Gasteiger partial charge is 0.312 e. The van der Waals surface area contributed by atoms with Crippen molar-refractivity contribution in [2.75, 3.05) is 20.4 Å². The fraction of sp³-hybridized carbons (Fsp3) is 0.769. The van der Waals surface area contributed by atoms with E-state index in [1.54, 1.807) is 0 Å². The molecule has 0 aromatic carbocycles. The van der Waals surface area contributed by atoms with E-state index in [0.717, 1.165) is 25.7 Å². The minimum absolute atomic E-state index is 0.0359. The van der Waals surface area contributed by atoms with E-state index in [4.69, 9.17) is 9.05 Å². The lowest BCUT2D eigenvalue weighted by Crippen LogP contribution is -2.39. The van der Waals surface area contributed by atoms with Crippen molar-refractivity contribution < 1.29 is 18.4 Å². The molecule has 1 saturated carbocycles. The first kappa shape index (κ1) is 15.4. The molecule has 18 heavy (non-hydrogen) atoms. The molecule has 0 amide bonds. The lowest BCUT2D eigenvalue weighted by Gasteiger charge is -2.39. The zero-order chi connectivity index (χ0) is 13.6. The van der Waals surface area contributed by atoms with Gasteiger partial charge < -0.3 is 9.05 Å². The van der Waals surface area contributed by atoms with Crippen LogP contribution in [0.1, 0.15) is 39.0 Å². The summed E-state index contributed by atoms with van der Waals surface area (Å²) in [6.45, 7) is 1.98. The fourth-order valence-electron chi connectivity index (χ4n) is 2.06. The highest BCUT2D eigenvalue weighted by atomic mass is 31.2. The predicted octanol–water partition coefficient (Wildman–Crippen LogP) is 3.02. The van der Waals surface area contributed by atoms with Gasteiger partial charge in [0.15, 0.2) is 5.78 Å². The maximum absolute atomic E-state index is 12.3. The molecule has 102 valence electrons. The van der Waals surface area contributed by atoms with Gasteiger partial charge in [0, 0.05) is 32.5 Å². The molecule has 0 atom stereocenters. The Morgan fingerprint density at radius 3 is 2.28 bits per heavy atom. The quantitative estimate of drug-likeness (QED) is 0.551. The minimum Gasteiger partial charge on any atom is -0.312 e. The average Bonchev–Trinajstić information content (AvgIpc) is 2.32. The minimum atomic E-state index is -3.25. The first-order chi connectivity index (χ1) is 8.52. The Hall–Kier alpha value is -0.620. The topological polar surface area (TPSA) is 52.6 Å². The van der Waals surface area contributed by atoms with Crippen LogP contribution in [0.4, 0.5) is 0 Å². The van der Waals surface area contributed by atoms with Crippen LogP contribution in [0.2, 0.25) is 0 Å². The van der Waals surface area contributed by atoms with Crippen molar-refractivity contribution in [3.8, 4) is 11.8 Å². The average molecular weight is 272 g/mol. The third kappa shape index (κ3) is 3.45. The molecule has 0 radical (unpaired) electrons. The highest BCUT2D eigenvalue weighted by Crippen LogP contribution is 2.52. The van der Waals surface area contributed by atoms with Crippen LogP contribution in [0.5, 0.6) is 0 Å². The summed E-state index contributed by atoms with van der Waals surface area (Å²) in [6.07, 6.45) is 3.90. The van der Waals surface area contributed by atoms with Crippen LogP contribution < -0.4 is 0 Å². The molecular weight excluding hydrogens is 251 g/mol. The van der Waals surface area contributed by atoms with Crippen molar-refractivity contribution in [3.05, 3.63) is 0 Å². The number of hydrogen-bond donors (Lipinski definition) is 0. The van der Waals surface area contributed by atoms with Crippen LogP contribution in [0.15, 0.2) is 0 Å². The number of hydrogen-bond acceptors (Lipinski definition) is 4. The highest BCUT2D eigenvalue weighted by Gasteiger charge is 2.45. The largest absolute Gasteiger partial charge is 0.337 e. The Kier molecular flexibility index (Phi) is 5.59. The first-order valence-electron chi connectivity index (χ1n) is 6.21. The van der Waals surface area contributed by atoms with E-state index in [1.165, 1.54) is 14.2 Å². The number of carbonyl (C=O) groups is 1. The Bertz CT molecular complexity index is 393. The molecule has 0 spiro atoms. The number of ketones is 1. The second kappa shape index (κ2) is 6.52. The van der Waals surface area contributed by atoms with Gasteiger partial charge in [-0.1, -0.05) is 13.3 Å². The second-order valence-electron chi connectivity index (χ2n) is 4.58. The van der Waals surface area contributed by atoms with Crippen LogP contribution in [0.3, 0.4) is 0 Å². The zero-order valence-electron chi connectivity index (χ0n) is 11.3. The van der Waals surface area contributed by atoms with Crippen LogP contribution in [0, 0.1) is 17.3 Å². The van der Waals surface area contributed by atoms with Gasteiger partial charge in [0.2, 0.25) is 0 Å². The van der Waals surface area contributed by atoms with Crippen LogP contribution in [-0.4, -0.2) is 26.2 Å². The van der Waals surface area contributed by atoms with E-state index in [-0.39, 0.29) is 11.9 Å². The molecule has 4 nitrogen and oxygen atoms in total. The summed E-state index contributed by atoms with van der Waals surface area (Å²) in [4.78, 5) is 12.3. The monoisotopic (exact) mass is 272 g/mol. The summed E-state index contributed by atoms with van der Waals surface area (Å²) in [6, 6.07) is 0. The SMILES string of the molecule is CCC#CCC1(C(=O)CP(=O)(OC)OC)CCC1. The summed E-state index contributed by atoms with van der Waals surface area (Å²) >= 11 is 0. The summed E-state index contributed by atoms with van der Waals surface area (Å²) in [7, 11) is -0.635. The first-order valence-corrected chi connectivity index (χ1v) is 7.94. The van der Waals surface area contributed by atoms with Crippen molar-refractivity contribution in [1.82, 2.24) is 0 Å². The Labute approximate surface area is 109 Å². The van der Waals surface area contributed by atoms with Crippen molar-refractivity contribution in [2.24, 2.45) is 5.41 Å². The highest BCUT2D eigenvalue weighted by molar-refractivity contribution is 7.54. The molecule has 0 unspecified atom stereocenters. The third-order valence-corrected chi connectivity index (χ3v) is 5.31. The molecule has 1 aliphatic rings. The predicted molar refractivity (Wildman–Crippen MR) is 70.5 cm³/mol. The number of rotatable bonds is 6.